The normalized spacial score (nSPS) is 12.6. The molecule has 1 rings (SSSR count). The monoisotopic (exact) mass is 314 g/mol. The van der Waals surface area contributed by atoms with Gasteiger partial charge in [-0.2, -0.15) is 0 Å². The fraction of sp³-hybridized carbons (Fsp3) is 0.600. The highest BCUT2D eigenvalue weighted by Crippen LogP contribution is 2.21. The minimum Gasteiger partial charge on any atom is -0.385 e. The van der Waals surface area contributed by atoms with Gasteiger partial charge < -0.3 is 10.5 Å². The van der Waals surface area contributed by atoms with E-state index in [0.29, 0.717) is 19.7 Å². The summed E-state index contributed by atoms with van der Waals surface area (Å²) in [6.07, 6.45) is 0.789. The van der Waals surface area contributed by atoms with Crippen molar-refractivity contribution in [3.63, 3.8) is 0 Å². The van der Waals surface area contributed by atoms with Crippen molar-refractivity contribution in [3.8, 4) is 0 Å². The number of nitrogens with two attached hydrogens (primary N) is 1. The van der Waals surface area contributed by atoms with Gasteiger partial charge in [0.1, 0.15) is 0 Å². The summed E-state index contributed by atoms with van der Waals surface area (Å²) in [6.45, 7) is 7.28. The van der Waals surface area contributed by atoms with E-state index in [9.17, 15) is 8.42 Å². The zero-order valence-corrected chi connectivity index (χ0v) is 14.1. The molecule has 0 aliphatic rings. The van der Waals surface area contributed by atoms with Crippen LogP contribution in [0, 0.1) is 12.3 Å². The molecule has 0 amide bonds. The van der Waals surface area contributed by atoms with E-state index >= 15 is 0 Å². The minimum absolute atomic E-state index is 0.157. The van der Waals surface area contributed by atoms with Crippen LogP contribution in [0.25, 0.3) is 0 Å². The maximum atomic E-state index is 12.3. The minimum atomic E-state index is -3.50. The Morgan fingerprint density at radius 2 is 2.00 bits per heavy atom. The van der Waals surface area contributed by atoms with E-state index in [2.05, 4.69) is 4.72 Å². The van der Waals surface area contributed by atoms with Gasteiger partial charge in [0, 0.05) is 26.8 Å². The smallest absolute Gasteiger partial charge is 0.240 e. The molecular formula is C15H26N2O3S. The first-order valence-electron chi connectivity index (χ1n) is 7.00. The zero-order valence-electron chi connectivity index (χ0n) is 13.3. The molecule has 0 spiro atoms. The molecule has 0 saturated carbocycles. The lowest BCUT2D eigenvalue weighted by molar-refractivity contribution is 0.153. The number of nitrogens with one attached hydrogen (secondary N) is 1. The Balaban J connectivity index is 2.80. The van der Waals surface area contributed by atoms with Crippen molar-refractivity contribution in [2.75, 3.05) is 20.3 Å². The van der Waals surface area contributed by atoms with Crippen molar-refractivity contribution < 1.29 is 13.2 Å². The molecule has 0 saturated heterocycles. The Hall–Kier alpha value is -0.950. The zero-order chi connectivity index (χ0) is 16.1. The number of sulfonamides is 1. The third-order valence-electron chi connectivity index (χ3n) is 3.57. The van der Waals surface area contributed by atoms with Gasteiger partial charge in [-0.1, -0.05) is 19.9 Å². The first kappa shape index (κ1) is 18.1. The Morgan fingerprint density at radius 3 is 2.52 bits per heavy atom. The number of rotatable bonds is 8. The van der Waals surface area contributed by atoms with Crippen LogP contribution in [0.15, 0.2) is 23.1 Å². The van der Waals surface area contributed by atoms with Crippen molar-refractivity contribution in [2.24, 2.45) is 11.1 Å². The van der Waals surface area contributed by atoms with E-state index in [1.165, 1.54) is 0 Å². The van der Waals surface area contributed by atoms with Gasteiger partial charge in [-0.25, -0.2) is 13.1 Å². The second kappa shape index (κ2) is 7.35. The molecular weight excluding hydrogens is 288 g/mol. The van der Waals surface area contributed by atoms with Crippen LogP contribution in [-0.2, 0) is 21.3 Å². The van der Waals surface area contributed by atoms with Crippen LogP contribution in [0.3, 0.4) is 0 Å². The Kier molecular flexibility index (Phi) is 6.34. The number of aryl methyl sites for hydroxylation is 1. The summed E-state index contributed by atoms with van der Waals surface area (Å²) in [4.78, 5) is 0.278. The summed E-state index contributed by atoms with van der Waals surface area (Å²) in [5, 5.41) is 0. The molecule has 0 unspecified atom stereocenters. The lowest BCUT2D eigenvalue weighted by Gasteiger charge is -2.24. The maximum Gasteiger partial charge on any atom is 0.240 e. The standard InChI is InChI=1S/C15H26N2O3S/c1-12-9-14(6-5-13(12)10-16)21(18,19)17-11-15(2,3)7-8-20-4/h5-6,9,17H,7-8,10-11,16H2,1-4H3. The molecule has 21 heavy (non-hydrogen) atoms. The van der Waals surface area contributed by atoms with Crippen LogP contribution in [0.1, 0.15) is 31.4 Å². The predicted octanol–water partition coefficient (Wildman–Crippen LogP) is 1.79. The fourth-order valence-electron chi connectivity index (χ4n) is 1.91. The van der Waals surface area contributed by atoms with Crippen molar-refractivity contribution in [1.29, 1.82) is 0 Å². The molecule has 0 bridgehead atoms. The van der Waals surface area contributed by atoms with E-state index in [0.717, 1.165) is 17.5 Å². The van der Waals surface area contributed by atoms with E-state index in [1.54, 1.807) is 25.3 Å². The lowest BCUT2D eigenvalue weighted by Crippen LogP contribution is -2.34. The van der Waals surface area contributed by atoms with E-state index in [4.69, 9.17) is 10.5 Å². The van der Waals surface area contributed by atoms with Crippen LogP contribution in [0.4, 0.5) is 0 Å². The number of methoxy groups -OCH3 is 1. The molecule has 0 radical (unpaired) electrons. The van der Waals surface area contributed by atoms with Gasteiger partial charge in [-0.15, -0.1) is 0 Å². The third-order valence-corrected chi connectivity index (χ3v) is 4.97. The summed E-state index contributed by atoms with van der Waals surface area (Å²) in [7, 11) is -1.86. The third kappa shape index (κ3) is 5.39. The highest BCUT2D eigenvalue weighted by Gasteiger charge is 2.22. The Morgan fingerprint density at radius 1 is 1.33 bits per heavy atom. The molecule has 0 fully saturated rings. The van der Waals surface area contributed by atoms with Gasteiger partial charge in [-0.05, 0) is 42.0 Å². The van der Waals surface area contributed by atoms with Crippen molar-refractivity contribution in [2.45, 2.75) is 38.6 Å². The number of ether oxygens (including phenoxy) is 1. The summed E-state index contributed by atoms with van der Waals surface area (Å²) in [5.74, 6) is 0. The van der Waals surface area contributed by atoms with Gasteiger partial charge in [0.15, 0.2) is 0 Å². The Bertz CT molecular complexity index is 568. The summed E-state index contributed by atoms with van der Waals surface area (Å²) in [5.41, 5.74) is 7.28. The molecule has 0 aromatic heterocycles. The second-order valence-corrected chi connectivity index (χ2v) is 7.79. The molecule has 3 N–H and O–H groups in total. The molecule has 1 aromatic carbocycles. The molecule has 120 valence electrons. The summed E-state index contributed by atoms with van der Waals surface area (Å²) >= 11 is 0. The average molecular weight is 314 g/mol. The Labute approximate surface area is 127 Å². The second-order valence-electron chi connectivity index (χ2n) is 6.02. The van der Waals surface area contributed by atoms with E-state index < -0.39 is 10.0 Å². The molecule has 1 aromatic rings. The molecule has 0 aliphatic heterocycles. The van der Waals surface area contributed by atoms with Crippen LogP contribution in [0.5, 0.6) is 0 Å². The van der Waals surface area contributed by atoms with Gasteiger partial charge in [0.05, 0.1) is 4.90 Å². The van der Waals surface area contributed by atoms with Crippen molar-refractivity contribution in [1.82, 2.24) is 4.72 Å². The molecule has 0 atom stereocenters. The molecule has 6 heteroatoms. The number of hydrogen-bond acceptors (Lipinski definition) is 4. The predicted molar refractivity (Wildman–Crippen MR) is 84.5 cm³/mol. The van der Waals surface area contributed by atoms with Crippen LogP contribution >= 0.6 is 0 Å². The average Bonchev–Trinajstić information content (AvgIpc) is 2.43. The van der Waals surface area contributed by atoms with Gasteiger partial charge in [-0.3, -0.25) is 0 Å². The molecule has 0 heterocycles. The highest BCUT2D eigenvalue weighted by molar-refractivity contribution is 7.89. The first-order valence-corrected chi connectivity index (χ1v) is 8.48. The van der Waals surface area contributed by atoms with Crippen LogP contribution in [-0.4, -0.2) is 28.7 Å². The first-order chi connectivity index (χ1) is 9.72. The van der Waals surface area contributed by atoms with Gasteiger partial charge in [0.2, 0.25) is 10.0 Å². The molecule has 0 aliphatic carbocycles. The van der Waals surface area contributed by atoms with Crippen LogP contribution in [0.2, 0.25) is 0 Å². The lowest BCUT2D eigenvalue weighted by atomic mass is 9.90. The number of hydrogen-bond donors (Lipinski definition) is 2. The van der Waals surface area contributed by atoms with E-state index in [-0.39, 0.29) is 10.3 Å². The van der Waals surface area contributed by atoms with Crippen LogP contribution < -0.4 is 10.5 Å². The quantitative estimate of drug-likeness (QED) is 0.766. The van der Waals surface area contributed by atoms with Crippen molar-refractivity contribution >= 4 is 10.0 Å². The topological polar surface area (TPSA) is 81.4 Å². The fourth-order valence-corrected chi connectivity index (χ4v) is 3.23. The van der Waals surface area contributed by atoms with Gasteiger partial charge >= 0.3 is 0 Å². The molecule has 5 nitrogen and oxygen atoms in total. The van der Waals surface area contributed by atoms with Crippen molar-refractivity contribution in [3.05, 3.63) is 29.3 Å². The maximum absolute atomic E-state index is 12.3. The largest absolute Gasteiger partial charge is 0.385 e. The van der Waals surface area contributed by atoms with E-state index in [1.807, 2.05) is 20.8 Å². The summed E-state index contributed by atoms with van der Waals surface area (Å²) in [6, 6.07) is 5.02. The summed E-state index contributed by atoms with van der Waals surface area (Å²) < 4.78 is 32.4. The highest BCUT2D eigenvalue weighted by atomic mass is 32.2. The SMILES string of the molecule is COCCC(C)(C)CNS(=O)(=O)c1ccc(CN)c(C)c1. The number of benzene rings is 1. The van der Waals surface area contributed by atoms with Gasteiger partial charge in [0.25, 0.3) is 0 Å².